The summed E-state index contributed by atoms with van der Waals surface area (Å²) in [6, 6.07) is 6.26. The minimum Gasteiger partial charge on any atom is -0.351 e. The van der Waals surface area contributed by atoms with Crippen LogP contribution < -0.4 is 5.32 Å². The summed E-state index contributed by atoms with van der Waals surface area (Å²) in [5.41, 5.74) is 2.84. The molecule has 1 atom stereocenters. The van der Waals surface area contributed by atoms with Crippen molar-refractivity contribution in [2.24, 2.45) is 0 Å². The molecule has 1 N–H and O–H groups in total. The number of nitrogens with zero attached hydrogens (tertiary/aromatic N) is 4. The second-order valence-electron chi connectivity index (χ2n) is 5.79. The SMILES string of the molecule is CC(=O)NCc1cncc([C@H]2CCCN2Cc2ccccn2)n1. The molecule has 0 radical (unpaired) electrons. The van der Waals surface area contributed by atoms with E-state index >= 15 is 0 Å². The maximum Gasteiger partial charge on any atom is 0.217 e. The fourth-order valence-electron chi connectivity index (χ4n) is 2.93. The zero-order valence-electron chi connectivity index (χ0n) is 13.3. The molecule has 6 heteroatoms. The van der Waals surface area contributed by atoms with E-state index in [1.165, 1.54) is 6.92 Å². The third kappa shape index (κ3) is 4.10. The van der Waals surface area contributed by atoms with Crippen LogP contribution in [0.15, 0.2) is 36.8 Å². The molecule has 2 aromatic heterocycles. The Morgan fingerprint density at radius 2 is 2.26 bits per heavy atom. The van der Waals surface area contributed by atoms with Crippen LogP contribution in [0.3, 0.4) is 0 Å². The average molecular weight is 311 g/mol. The Morgan fingerprint density at radius 1 is 1.35 bits per heavy atom. The molecule has 1 fully saturated rings. The maximum atomic E-state index is 11.0. The number of pyridine rings is 1. The van der Waals surface area contributed by atoms with Gasteiger partial charge < -0.3 is 5.32 Å². The van der Waals surface area contributed by atoms with Crippen LogP contribution in [0, 0.1) is 0 Å². The van der Waals surface area contributed by atoms with Gasteiger partial charge in [0.25, 0.3) is 0 Å². The van der Waals surface area contributed by atoms with Gasteiger partial charge >= 0.3 is 0 Å². The van der Waals surface area contributed by atoms with Crippen molar-refractivity contribution in [3.8, 4) is 0 Å². The summed E-state index contributed by atoms with van der Waals surface area (Å²) in [6.07, 6.45) is 7.59. The summed E-state index contributed by atoms with van der Waals surface area (Å²) in [5, 5.41) is 2.77. The molecule has 1 aliphatic rings. The first kappa shape index (κ1) is 15.6. The molecule has 3 heterocycles. The Bertz CT molecular complexity index is 661. The van der Waals surface area contributed by atoms with Crippen LogP contribution in [0.4, 0.5) is 0 Å². The molecule has 0 aromatic carbocycles. The number of nitrogens with one attached hydrogen (secondary N) is 1. The van der Waals surface area contributed by atoms with Crippen LogP contribution in [0.1, 0.15) is 42.9 Å². The number of likely N-dealkylation sites (tertiary alicyclic amines) is 1. The summed E-state index contributed by atoms with van der Waals surface area (Å²) in [5.74, 6) is -0.0603. The van der Waals surface area contributed by atoms with E-state index < -0.39 is 0 Å². The molecule has 6 nitrogen and oxygen atoms in total. The third-order valence-electron chi connectivity index (χ3n) is 4.02. The number of carbonyl (C=O) groups excluding carboxylic acids is 1. The van der Waals surface area contributed by atoms with Crippen LogP contribution >= 0.6 is 0 Å². The number of hydrogen-bond donors (Lipinski definition) is 1. The predicted molar refractivity (Wildman–Crippen MR) is 86.2 cm³/mol. The average Bonchev–Trinajstić information content (AvgIpc) is 3.02. The van der Waals surface area contributed by atoms with E-state index in [2.05, 4.69) is 25.2 Å². The van der Waals surface area contributed by atoms with E-state index in [1.54, 1.807) is 6.20 Å². The van der Waals surface area contributed by atoms with Gasteiger partial charge in [0.15, 0.2) is 0 Å². The van der Waals surface area contributed by atoms with Crippen LogP contribution in [-0.4, -0.2) is 32.3 Å². The third-order valence-corrected chi connectivity index (χ3v) is 4.02. The first-order valence-electron chi connectivity index (χ1n) is 7.91. The molecule has 0 bridgehead atoms. The molecule has 120 valence electrons. The van der Waals surface area contributed by atoms with Crippen molar-refractivity contribution < 1.29 is 4.79 Å². The van der Waals surface area contributed by atoms with Gasteiger partial charge in [-0.2, -0.15) is 0 Å². The lowest BCUT2D eigenvalue weighted by Crippen LogP contribution is -2.25. The van der Waals surface area contributed by atoms with Gasteiger partial charge in [-0.1, -0.05) is 6.07 Å². The van der Waals surface area contributed by atoms with Crippen LogP contribution in [0.5, 0.6) is 0 Å². The zero-order valence-corrected chi connectivity index (χ0v) is 13.3. The van der Waals surface area contributed by atoms with Crippen LogP contribution in [0.2, 0.25) is 0 Å². The normalized spacial score (nSPS) is 18.0. The molecule has 0 aliphatic carbocycles. The van der Waals surface area contributed by atoms with Gasteiger partial charge in [-0.05, 0) is 31.5 Å². The highest BCUT2D eigenvalue weighted by Crippen LogP contribution is 2.31. The van der Waals surface area contributed by atoms with Gasteiger partial charge in [0.05, 0.1) is 42.1 Å². The molecule has 1 aliphatic heterocycles. The van der Waals surface area contributed by atoms with E-state index in [1.807, 2.05) is 30.6 Å². The van der Waals surface area contributed by atoms with Gasteiger partial charge in [-0.15, -0.1) is 0 Å². The van der Waals surface area contributed by atoms with Gasteiger partial charge in [-0.3, -0.25) is 24.6 Å². The summed E-state index contributed by atoms with van der Waals surface area (Å²) in [4.78, 5) is 26.8. The van der Waals surface area contributed by atoms with Crippen LogP contribution in [-0.2, 0) is 17.9 Å². The van der Waals surface area contributed by atoms with E-state index in [9.17, 15) is 4.79 Å². The highest BCUT2D eigenvalue weighted by atomic mass is 16.1. The van der Waals surface area contributed by atoms with Crippen molar-refractivity contribution in [3.05, 3.63) is 53.9 Å². The summed E-state index contributed by atoms with van der Waals surface area (Å²) < 4.78 is 0. The number of hydrogen-bond acceptors (Lipinski definition) is 5. The smallest absolute Gasteiger partial charge is 0.217 e. The Balaban J connectivity index is 1.72. The second-order valence-corrected chi connectivity index (χ2v) is 5.79. The van der Waals surface area contributed by atoms with Gasteiger partial charge in [0.2, 0.25) is 5.91 Å². The molecular formula is C17H21N5O. The van der Waals surface area contributed by atoms with Crippen molar-refractivity contribution in [2.75, 3.05) is 6.54 Å². The molecule has 3 rings (SSSR count). The standard InChI is InChI=1S/C17H21N5O/c1-13(23)20-10-15-9-18-11-16(21-15)17-6-4-8-22(17)12-14-5-2-3-7-19-14/h2-3,5,7,9,11,17H,4,6,8,10,12H2,1H3,(H,20,23)/t17-/m1/s1. The molecule has 2 aromatic rings. The largest absolute Gasteiger partial charge is 0.351 e. The summed E-state index contributed by atoms with van der Waals surface area (Å²) in [7, 11) is 0. The van der Waals surface area contributed by atoms with Crippen molar-refractivity contribution >= 4 is 5.91 Å². The highest BCUT2D eigenvalue weighted by molar-refractivity contribution is 5.72. The second kappa shape index (κ2) is 7.28. The van der Waals surface area contributed by atoms with E-state index in [4.69, 9.17) is 0 Å². The lowest BCUT2D eigenvalue weighted by atomic mass is 10.1. The quantitative estimate of drug-likeness (QED) is 0.912. The Hall–Kier alpha value is -2.34. The monoisotopic (exact) mass is 311 g/mol. The number of aromatic nitrogens is 3. The Kier molecular flexibility index (Phi) is 4.92. The fourth-order valence-corrected chi connectivity index (χ4v) is 2.93. The number of rotatable bonds is 5. The fraction of sp³-hybridized carbons (Fsp3) is 0.412. The number of carbonyl (C=O) groups is 1. The molecule has 0 unspecified atom stereocenters. The van der Waals surface area contributed by atoms with E-state index in [0.29, 0.717) is 6.54 Å². The van der Waals surface area contributed by atoms with Crippen molar-refractivity contribution in [1.29, 1.82) is 0 Å². The van der Waals surface area contributed by atoms with E-state index in [-0.39, 0.29) is 11.9 Å². The Labute approximate surface area is 136 Å². The van der Waals surface area contributed by atoms with Crippen molar-refractivity contribution in [1.82, 2.24) is 25.2 Å². The molecule has 0 spiro atoms. The van der Waals surface area contributed by atoms with Crippen LogP contribution in [0.25, 0.3) is 0 Å². The minimum absolute atomic E-state index is 0.0603. The molecule has 1 amide bonds. The van der Waals surface area contributed by atoms with Crippen molar-refractivity contribution in [3.63, 3.8) is 0 Å². The maximum absolute atomic E-state index is 11.0. The highest BCUT2D eigenvalue weighted by Gasteiger charge is 2.27. The van der Waals surface area contributed by atoms with Gasteiger partial charge in [0.1, 0.15) is 0 Å². The van der Waals surface area contributed by atoms with Gasteiger partial charge in [0, 0.05) is 19.7 Å². The summed E-state index contributed by atoms with van der Waals surface area (Å²) in [6.45, 7) is 3.79. The van der Waals surface area contributed by atoms with Crippen molar-refractivity contribution in [2.45, 2.75) is 38.9 Å². The molecule has 0 saturated carbocycles. The predicted octanol–water partition coefficient (Wildman–Crippen LogP) is 1.84. The first-order valence-corrected chi connectivity index (χ1v) is 7.91. The molecule has 23 heavy (non-hydrogen) atoms. The van der Waals surface area contributed by atoms with E-state index in [0.717, 1.165) is 43.0 Å². The summed E-state index contributed by atoms with van der Waals surface area (Å²) >= 11 is 0. The lowest BCUT2D eigenvalue weighted by Gasteiger charge is -2.23. The number of amides is 1. The lowest BCUT2D eigenvalue weighted by molar-refractivity contribution is -0.119. The van der Waals surface area contributed by atoms with Gasteiger partial charge in [-0.25, -0.2) is 0 Å². The molecule has 1 saturated heterocycles. The minimum atomic E-state index is -0.0603. The molecular weight excluding hydrogens is 290 g/mol. The topological polar surface area (TPSA) is 71.0 Å². The Morgan fingerprint density at radius 3 is 3.04 bits per heavy atom. The zero-order chi connectivity index (χ0) is 16.1. The first-order chi connectivity index (χ1) is 11.2.